The van der Waals surface area contributed by atoms with Crippen molar-refractivity contribution in [1.29, 1.82) is 0 Å². The highest BCUT2D eigenvalue weighted by molar-refractivity contribution is 6.32. The summed E-state index contributed by atoms with van der Waals surface area (Å²) in [6, 6.07) is 11.1. The van der Waals surface area contributed by atoms with E-state index in [1.165, 1.54) is 24.3 Å². The van der Waals surface area contributed by atoms with Gasteiger partial charge in [0, 0.05) is 5.56 Å². The fourth-order valence-corrected chi connectivity index (χ4v) is 2.83. The highest BCUT2D eigenvalue weighted by atomic mass is 16.5. The Kier molecular flexibility index (Phi) is 5.82. The summed E-state index contributed by atoms with van der Waals surface area (Å²) in [5, 5.41) is 14.3. The Morgan fingerprint density at radius 2 is 1.87 bits per heavy atom. The number of nitrogens with two attached hydrogens (primary N) is 1. The van der Waals surface area contributed by atoms with Crippen molar-refractivity contribution in [2.24, 2.45) is 10.8 Å². The van der Waals surface area contributed by atoms with Crippen LogP contribution in [0, 0.1) is 0 Å². The van der Waals surface area contributed by atoms with E-state index in [-0.39, 0.29) is 11.7 Å². The van der Waals surface area contributed by atoms with Crippen LogP contribution in [0.1, 0.15) is 22.8 Å². The van der Waals surface area contributed by atoms with Gasteiger partial charge in [0.2, 0.25) is 5.91 Å². The molecule has 0 radical (unpaired) electrons. The van der Waals surface area contributed by atoms with Gasteiger partial charge in [0.15, 0.2) is 18.1 Å². The van der Waals surface area contributed by atoms with E-state index in [0.717, 1.165) is 0 Å². The number of hydrogen-bond donors (Lipinski definition) is 2. The molecule has 2 amide bonds. The van der Waals surface area contributed by atoms with Crippen molar-refractivity contribution < 1.29 is 29.0 Å². The number of carbonyl (C=O) groups excluding carboxylic acids is 2. The molecule has 2 aromatic rings. The number of aliphatic carboxylic acids is 1. The van der Waals surface area contributed by atoms with Gasteiger partial charge < -0.3 is 20.3 Å². The summed E-state index contributed by atoms with van der Waals surface area (Å²) in [5.74, 6) is -1.37. The topological polar surface area (TPSA) is 132 Å². The normalized spacial score (nSPS) is 14.6. The third-order valence-electron chi connectivity index (χ3n) is 4.31. The van der Waals surface area contributed by atoms with E-state index < -0.39 is 18.5 Å². The molecule has 0 spiro atoms. The number of benzene rings is 2. The van der Waals surface area contributed by atoms with Crippen molar-refractivity contribution in [3.8, 4) is 11.5 Å². The van der Waals surface area contributed by atoms with Crippen molar-refractivity contribution in [3.63, 3.8) is 0 Å². The van der Waals surface area contributed by atoms with Crippen molar-refractivity contribution in [2.45, 2.75) is 6.92 Å². The van der Waals surface area contributed by atoms with Crippen LogP contribution in [0.4, 0.5) is 5.69 Å². The van der Waals surface area contributed by atoms with Gasteiger partial charge in [-0.2, -0.15) is 10.1 Å². The van der Waals surface area contributed by atoms with Crippen LogP contribution in [0.15, 0.2) is 53.1 Å². The molecule has 0 saturated heterocycles. The minimum Gasteiger partial charge on any atom is -0.493 e. The van der Waals surface area contributed by atoms with E-state index in [4.69, 9.17) is 20.3 Å². The number of carbonyl (C=O) groups is 3. The number of primary amides is 1. The minimum absolute atomic E-state index is 0.279. The molecule has 30 heavy (non-hydrogen) atoms. The Hall–Kier alpha value is -4.14. The van der Waals surface area contributed by atoms with Crippen LogP contribution in [0.25, 0.3) is 6.08 Å². The van der Waals surface area contributed by atoms with E-state index in [0.29, 0.717) is 33.8 Å². The Morgan fingerprint density at radius 1 is 1.17 bits per heavy atom. The summed E-state index contributed by atoms with van der Waals surface area (Å²) in [7, 11) is 1.44. The average molecular weight is 409 g/mol. The van der Waals surface area contributed by atoms with Gasteiger partial charge in [0.25, 0.3) is 5.91 Å². The smallest absolute Gasteiger partial charge is 0.341 e. The lowest BCUT2D eigenvalue weighted by Crippen LogP contribution is -2.21. The molecule has 0 unspecified atom stereocenters. The molecule has 9 nitrogen and oxygen atoms in total. The number of nitrogens with zero attached hydrogens (tertiary/aromatic N) is 2. The number of anilines is 1. The number of carboxylic acid groups (broad SMARTS) is 1. The van der Waals surface area contributed by atoms with Crippen LogP contribution in [-0.4, -0.2) is 42.3 Å². The van der Waals surface area contributed by atoms with E-state index in [9.17, 15) is 14.4 Å². The molecule has 1 aliphatic heterocycles. The molecule has 0 aromatic heterocycles. The van der Waals surface area contributed by atoms with Crippen LogP contribution in [0.5, 0.6) is 11.5 Å². The predicted octanol–water partition coefficient (Wildman–Crippen LogP) is 2.06. The zero-order valence-electron chi connectivity index (χ0n) is 16.3. The Bertz CT molecular complexity index is 1070. The van der Waals surface area contributed by atoms with Crippen molar-refractivity contribution in [1.82, 2.24) is 0 Å². The van der Waals surface area contributed by atoms with Crippen LogP contribution in [0.3, 0.4) is 0 Å². The molecular formula is C21H19N3O6. The number of hydrazone groups is 1. The van der Waals surface area contributed by atoms with Gasteiger partial charge in [0.1, 0.15) is 0 Å². The maximum Gasteiger partial charge on any atom is 0.341 e. The molecule has 9 heteroatoms. The van der Waals surface area contributed by atoms with Gasteiger partial charge in [-0.1, -0.05) is 6.07 Å². The molecule has 0 saturated carbocycles. The van der Waals surface area contributed by atoms with Gasteiger partial charge in [-0.05, 0) is 55.0 Å². The molecule has 0 atom stereocenters. The van der Waals surface area contributed by atoms with Crippen LogP contribution >= 0.6 is 0 Å². The lowest BCUT2D eigenvalue weighted by atomic mass is 10.1. The lowest BCUT2D eigenvalue weighted by Gasteiger charge is -2.12. The second kappa shape index (κ2) is 8.48. The maximum absolute atomic E-state index is 12.9. The van der Waals surface area contributed by atoms with E-state index in [1.54, 1.807) is 43.3 Å². The zero-order valence-corrected chi connectivity index (χ0v) is 16.3. The van der Waals surface area contributed by atoms with E-state index in [2.05, 4.69) is 5.10 Å². The molecular weight excluding hydrogens is 390 g/mol. The first-order valence-electron chi connectivity index (χ1n) is 8.84. The molecule has 154 valence electrons. The lowest BCUT2D eigenvalue weighted by molar-refractivity contribution is -0.139. The van der Waals surface area contributed by atoms with Gasteiger partial charge in [-0.15, -0.1) is 0 Å². The monoisotopic (exact) mass is 409 g/mol. The molecule has 1 aliphatic rings. The summed E-state index contributed by atoms with van der Waals surface area (Å²) >= 11 is 0. The highest BCUT2D eigenvalue weighted by Crippen LogP contribution is 2.30. The van der Waals surface area contributed by atoms with Crippen LogP contribution < -0.4 is 20.2 Å². The zero-order chi connectivity index (χ0) is 21.8. The number of ether oxygens (including phenoxy) is 2. The first-order valence-corrected chi connectivity index (χ1v) is 8.84. The number of methoxy groups -OCH3 is 1. The first kappa shape index (κ1) is 20.6. The van der Waals surface area contributed by atoms with Crippen molar-refractivity contribution in [3.05, 3.63) is 59.2 Å². The van der Waals surface area contributed by atoms with Crippen molar-refractivity contribution >= 4 is 35.3 Å². The highest BCUT2D eigenvalue weighted by Gasteiger charge is 2.28. The quantitative estimate of drug-likeness (QED) is 0.673. The Balaban J connectivity index is 1.85. The average Bonchev–Trinajstić information content (AvgIpc) is 3.00. The third-order valence-corrected chi connectivity index (χ3v) is 4.31. The molecule has 3 N–H and O–H groups in total. The summed E-state index contributed by atoms with van der Waals surface area (Å²) in [6.45, 7) is 1.22. The summed E-state index contributed by atoms with van der Waals surface area (Å²) < 4.78 is 10.4. The first-order chi connectivity index (χ1) is 14.3. The fourth-order valence-electron chi connectivity index (χ4n) is 2.83. The SMILES string of the molecule is COc1cc(C=C2C(=O)N(c3ccc(C(N)=O)cc3)N=C2C)ccc1OCC(=O)O. The number of rotatable bonds is 7. The fraction of sp³-hybridized carbons (Fsp3) is 0.143. The number of amides is 2. The van der Waals surface area contributed by atoms with E-state index in [1.807, 2.05) is 0 Å². The standard InChI is InChI=1S/C21H19N3O6/c1-12-16(9-13-3-8-17(18(10-13)29-2)30-11-19(25)26)21(28)24(23-12)15-6-4-14(5-7-15)20(22)27/h3-10H,11H2,1-2H3,(H2,22,27)(H,25,26). The molecule has 0 bridgehead atoms. The van der Waals surface area contributed by atoms with Gasteiger partial charge in [-0.25, -0.2) is 4.79 Å². The summed E-state index contributed by atoms with van der Waals surface area (Å²) in [5.41, 5.74) is 7.63. The summed E-state index contributed by atoms with van der Waals surface area (Å²) in [4.78, 5) is 34.8. The van der Waals surface area contributed by atoms with Gasteiger partial charge in [-0.3, -0.25) is 9.59 Å². The van der Waals surface area contributed by atoms with Crippen LogP contribution in [0.2, 0.25) is 0 Å². The molecule has 0 aliphatic carbocycles. The predicted molar refractivity (Wildman–Crippen MR) is 110 cm³/mol. The minimum atomic E-state index is -1.10. The van der Waals surface area contributed by atoms with Gasteiger partial charge >= 0.3 is 5.97 Å². The Labute approximate surface area is 172 Å². The molecule has 0 fully saturated rings. The second-order valence-corrected chi connectivity index (χ2v) is 6.36. The summed E-state index contributed by atoms with van der Waals surface area (Å²) in [6.07, 6.45) is 1.66. The van der Waals surface area contributed by atoms with Crippen molar-refractivity contribution in [2.75, 3.05) is 18.7 Å². The van der Waals surface area contributed by atoms with Crippen LogP contribution in [-0.2, 0) is 9.59 Å². The van der Waals surface area contributed by atoms with Gasteiger partial charge in [0.05, 0.1) is 24.1 Å². The Morgan fingerprint density at radius 3 is 2.47 bits per heavy atom. The third kappa shape index (κ3) is 4.30. The number of hydrogen-bond acceptors (Lipinski definition) is 6. The molecule has 1 heterocycles. The molecule has 3 rings (SSSR count). The second-order valence-electron chi connectivity index (χ2n) is 6.36. The molecule has 2 aromatic carbocycles. The maximum atomic E-state index is 12.9. The number of carboxylic acids is 1. The largest absolute Gasteiger partial charge is 0.493 e. The van der Waals surface area contributed by atoms with E-state index >= 15 is 0 Å².